The largest absolute Gasteiger partial charge is 0.493 e. The Morgan fingerprint density at radius 1 is 1.17 bits per heavy atom. The predicted molar refractivity (Wildman–Crippen MR) is 88.7 cm³/mol. The van der Waals surface area contributed by atoms with E-state index < -0.39 is 0 Å². The summed E-state index contributed by atoms with van der Waals surface area (Å²) in [5, 5.41) is 13.6. The van der Waals surface area contributed by atoms with Gasteiger partial charge in [0.1, 0.15) is 6.42 Å². The summed E-state index contributed by atoms with van der Waals surface area (Å²) in [5.74, 6) is 0.891. The van der Waals surface area contributed by atoms with Crippen molar-refractivity contribution in [1.82, 2.24) is 10.6 Å². The summed E-state index contributed by atoms with van der Waals surface area (Å²) in [4.78, 5) is 22.8. The minimum Gasteiger partial charge on any atom is -0.493 e. The van der Waals surface area contributed by atoms with Crippen molar-refractivity contribution in [2.24, 2.45) is 0 Å². The van der Waals surface area contributed by atoms with Crippen LogP contribution in [0.25, 0.3) is 0 Å². The normalized spacial score (nSPS) is 9.71. The number of methoxy groups -OCH3 is 1. The first-order chi connectivity index (χ1) is 11.6. The Morgan fingerprint density at radius 3 is 2.50 bits per heavy atom. The topological polar surface area (TPSA) is 100 Å². The van der Waals surface area contributed by atoms with Crippen LogP contribution >= 0.6 is 0 Å². The van der Waals surface area contributed by atoms with Gasteiger partial charge >= 0.3 is 0 Å². The van der Waals surface area contributed by atoms with Crippen LogP contribution in [0.15, 0.2) is 18.2 Å². The first-order valence-corrected chi connectivity index (χ1v) is 7.80. The maximum absolute atomic E-state index is 11.8. The number of nitrogens with one attached hydrogen (secondary N) is 2. The van der Waals surface area contributed by atoms with E-state index in [1.165, 1.54) is 0 Å². The van der Waals surface area contributed by atoms with Gasteiger partial charge in [0.05, 0.1) is 19.8 Å². The molecule has 0 aliphatic heterocycles. The summed E-state index contributed by atoms with van der Waals surface area (Å²) >= 11 is 0. The van der Waals surface area contributed by atoms with Crippen LogP contribution in [-0.2, 0) is 16.0 Å². The highest BCUT2D eigenvalue weighted by molar-refractivity contribution is 5.78. The third-order valence-corrected chi connectivity index (χ3v) is 3.18. The van der Waals surface area contributed by atoms with Gasteiger partial charge in [-0.2, -0.15) is 5.26 Å². The zero-order valence-electron chi connectivity index (χ0n) is 14.1. The molecule has 0 saturated carbocycles. The van der Waals surface area contributed by atoms with Gasteiger partial charge in [-0.1, -0.05) is 6.07 Å². The Bertz CT molecular complexity index is 596. The molecule has 0 spiro atoms. The number of nitrogens with zero attached hydrogens (tertiary/aromatic N) is 1. The van der Waals surface area contributed by atoms with Gasteiger partial charge in [-0.3, -0.25) is 9.59 Å². The zero-order chi connectivity index (χ0) is 17.8. The third kappa shape index (κ3) is 7.01. The number of aryl methyl sites for hydroxylation is 1. The average molecular weight is 333 g/mol. The number of benzene rings is 1. The van der Waals surface area contributed by atoms with E-state index in [-0.39, 0.29) is 18.2 Å². The fourth-order valence-corrected chi connectivity index (χ4v) is 2.03. The standard InChI is InChI=1S/C17H23N3O4/c1-3-24-14-6-4-13(12-15(14)23-2)5-7-16(21)19-10-11-20-17(22)8-9-18/h4,6,12H,3,5,7-8,10-11H2,1-2H3,(H,19,21)(H,20,22). The number of carbonyl (C=O) groups is 2. The Morgan fingerprint density at radius 2 is 1.88 bits per heavy atom. The smallest absolute Gasteiger partial charge is 0.234 e. The van der Waals surface area contributed by atoms with Crippen molar-refractivity contribution in [3.63, 3.8) is 0 Å². The lowest BCUT2D eigenvalue weighted by molar-refractivity contribution is -0.122. The first-order valence-electron chi connectivity index (χ1n) is 7.80. The second-order valence-electron chi connectivity index (χ2n) is 4.95. The molecule has 0 heterocycles. The lowest BCUT2D eigenvalue weighted by atomic mass is 10.1. The molecule has 0 bridgehead atoms. The molecule has 0 atom stereocenters. The van der Waals surface area contributed by atoms with Crippen LogP contribution in [0.1, 0.15) is 25.3 Å². The molecule has 7 heteroatoms. The number of hydrogen-bond acceptors (Lipinski definition) is 5. The number of rotatable bonds is 10. The molecule has 0 saturated heterocycles. The van der Waals surface area contributed by atoms with Crippen molar-refractivity contribution in [3.05, 3.63) is 23.8 Å². The highest BCUT2D eigenvalue weighted by atomic mass is 16.5. The van der Waals surface area contributed by atoms with E-state index in [0.717, 1.165) is 5.56 Å². The van der Waals surface area contributed by atoms with Crippen LogP contribution in [0.2, 0.25) is 0 Å². The maximum atomic E-state index is 11.8. The fourth-order valence-electron chi connectivity index (χ4n) is 2.03. The van der Waals surface area contributed by atoms with Crippen LogP contribution in [0.3, 0.4) is 0 Å². The van der Waals surface area contributed by atoms with Gasteiger partial charge in [0, 0.05) is 19.5 Å². The number of nitriles is 1. The summed E-state index contributed by atoms with van der Waals surface area (Å²) < 4.78 is 10.7. The van der Waals surface area contributed by atoms with Crippen LogP contribution < -0.4 is 20.1 Å². The van der Waals surface area contributed by atoms with Crippen molar-refractivity contribution in [3.8, 4) is 17.6 Å². The summed E-state index contributed by atoms with van der Waals surface area (Å²) in [6, 6.07) is 7.36. The number of amides is 2. The van der Waals surface area contributed by atoms with Crippen molar-refractivity contribution in [2.75, 3.05) is 26.8 Å². The Hall–Kier alpha value is -2.75. The molecule has 0 radical (unpaired) electrons. The van der Waals surface area contributed by atoms with Gasteiger partial charge in [-0.15, -0.1) is 0 Å². The molecule has 1 aromatic rings. The Labute approximate surface area is 141 Å². The van der Waals surface area contributed by atoms with Crippen molar-refractivity contribution in [1.29, 1.82) is 5.26 Å². The highest BCUT2D eigenvalue weighted by Crippen LogP contribution is 2.28. The van der Waals surface area contributed by atoms with Crippen LogP contribution in [-0.4, -0.2) is 38.6 Å². The monoisotopic (exact) mass is 333 g/mol. The lowest BCUT2D eigenvalue weighted by Crippen LogP contribution is -2.34. The molecule has 1 rings (SSSR count). The second kappa shape index (κ2) is 10.9. The molecule has 0 aliphatic rings. The minimum absolute atomic E-state index is 0.0996. The van der Waals surface area contributed by atoms with E-state index in [9.17, 15) is 9.59 Å². The highest BCUT2D eigenvalue weighted by Gasteiger charge is 2.07. The van der Waals surface area contributed by atoms with Gasteiger partial charge in [-0.05, 0) is 31.0 Å². The lowest BCUT2D eigenvalue weighted by Gasteiger charge is -2.11. The molecule has 0 fully saturated rings. The molecule has 2 N–H and O–H groups in total. The molecule has 2 amide bonds. The number of hydrogen-bond donors (Lipinski definition) is 2. The molecule has 0 unspecified atom stereocenters. The zero-order valence-corrected chi connectivity index (χ0v) is 14.1. The molecule has 24 heavy (non-hydrogen) atoms. The van der Waals surface area contributed by atoms with E-state index in [1.807, 2.05) is 25.1 Å². The van der Waals surface area contributed by atoms with Gasteiger partial charge in [0.2, 0.25) is 11.8 Å². The molecule has 0 aliphatic carbocycles. The van der Waals surface area contributed by atoms with Crippen LogP contribution in [0.4, 0.5) is 0 Å². The molecule has 0 aromatic heterocycles. The molecule has 1 aromatic carbocycles. The van der Waals surface area contributed by atoms with Gasteiger partial charge in [-0.25, -0.2) is 0 Å². The third-order valence-electron chi connectivity index (χ3n) is 3.18. The average Bonchev–Trinajstić information content (AvgIpc) is 2.58. The summed E-state index contributed by atoms with van der Waals surface area (Å²) in [5.41, 5.74) is 0.979. The van der Waals surface area contributed by atoms with Crippen LogP contribution in [0.5, 0.6) is 11.5 Å². The maximum Gasteiger partial charge on any atom is 0.234 e. The minimum atomic E-state index is -0.340. The van der Waals surface area contributed by atoms with Gasteiger partial charge in [0.15, 0.2) is 11.5 Å². The van der Waals surface area contributed by atoms with E-state index in [0.29, 0.717) is 44.0 Å². The van der Waals surface area contributed by atoms with E-state index in [2.05, 4.69) is 10.6 Å². The number of ether oxygens (including phenoxy) is 2. The van der Waals surface area contributed by atoms with Gasteiger partial charge < -0.3 is 20.1 Å². The predicted octanol–water partition coefficient (Wildman–Crippen LogP) is 1.17. The SMILES string of the molecule is CCOc1ccc(CCC(=O)NCCNC(=O)CC#N)cc1OC. The summed E-state index contributed by atoms with van der Waals surface area (Å²) in [6.07, 6.45) is 0.742. The van der Waals surface area contributed by atoms with Crippen molar-refractivity contribution < 1.29 is 19.1 Å². The molecule has 7 nitrogen and oxygen atoms in total. The Balaban J connectivity index is 2.34. The molecular formula is C17H23N3O4. The quantitative estimate of drug-likeness (QED) is 0.626. The number of carbonyl (C=O) groups excluding carboxylic acids is 2. The van der Waals surface area contributed by atoms with E-state index in [4.69, 9.17) is 14.7 Å². The van der Waals surface area contributed by atoms with Crippen molar-refractivity contribution in [2.45, 2.75) is 26.2 Å². The van der Waals surface area contributed by atoms with Crippen molar-refractivity contribution >= 4 is 11.8 Å². The van der Waals surface area contributed by atoms with E-state index in [1.54, 1.807) is 13.2 Å². The summed E-state index contributed by atoms with van der Waals surface area (Å²) in [6.45, 7) is 3.11. The second-order valence-corrected chi connectivity index (χ2v) is 4.95. The first kappa shape index (κ1) is 19.3. The summed E-state index contributed by atoms with van der Waals surface area (Å²) in [7, 11) is 1.58. The van der Waals surface area contributed by atoms with Crippen LogP contribution in [0, 0.1) is 11.3 Å². The Kier molecular flexibility index (Phi) is 8.76. The van der Waals surface area contributed by atoms with Gasteiger partial charge in [0.25, 0.3) is 0 Å². The fraction of sp³-hybridized carbons (Fsp3) is 0.471. The molecule has 130 valence electrons. The molecular weight excluding hydrogens is 310 g/mol. The van der Waals surface area contributed by atoms with E-state index >= 15 is 0 Å².